The summed E-state index contributed by atoms with van der Waals surface area (Å²) in [7, 11) is -2.13. The number of nitrogens with one attached hydrogen (secondary N) is 2. The Balaban J connectivity index is 1.46. The van der Waals surface area contributed by atoms with Crippen LogP contribution in [0, 0.1) is 11.5 Å². The van der Waals surface area contributed by atoms with Crippen LogP contribution in [0.2, 0.25) is 16.6 Å². The van der Waals surface area contributed by atoms with E-state index < -0.39 is 8.07 Å². The first-order chi connectivity index (χ1) is 28.2. The number of rotatable bonds is 4. The van der Waals surface area contributed by atoms with Gasteiger partial charge < -0.3 is 9.97 Å². The van der Waals surface area contributed by atoms with E-state index in [1.807, 2.05) is 0 Å². The van der Waals surface area contributed by atoms with E-state index in [2.05, 4.69) is 203 Å². The smallest absolute Gasteiger partial charge is 0.146 e. The molecule has 0 amide bonds. The third-order valence-electron chi connectivity index (χ3n) is 12.7. The lowest BCUT2D eigenvalue weighted by Crippen LogP contribution is -2.43. The number of aromatic amines is 2. The van der Waals surface area contributed by atoms with Crippen molar-refractivity contribution in [3.63, 3.8) is 0 Å². The van der Waals surface area contributed by atoms with Crippen LogP contribution in [0.25, 0.3) is 99.8 Å². The van der Waals surface area contributed by atoms with Gasteiger partial charge in [-0.2, -0.15) is 0 Å². The molecule has 0 atom stereocenters. The Morgan fingerprint density at radius 1 is 0.466 bits per heavy atom. The minimum Gasteiger partial charge on any atom is -0.354 e. The van der Waals surface area contributed by atoms with Gasteiger partial charge in [0.15, 0.2) is 0 Å². The van der Waals surface area contributed by atoms with Crippen molar-refractivity contribution < 1.29 is 0 Å². The zero-order valence-electron chi connectivity index (χ0n) is 33.9. The molecule has 0 aliphatic carbocycles. The van der Waals surface area contributed by atoms with Crippen molar-refractivity contribution in [2.75, 3.05) is 0 Å². The molecule has 0 saturated carbocycles. The Morgan fingerprint density at radius 3 is 1.45 bits per heavy atom. The van der Waals surface area contributed by atoms with Gasteiger partial charge in [-0.3, -0.25) is 0 Å². The van der Waals surface area contributed by atoms with Gasteiger partial charge in [0.05, 0.1) is 39.4 Å². The molecule has 0 spiro atoms. The molecule has 0 radical (unpaired) electrons. The van der Waals surface area contributed by atoms with Gasteiger partial charge in [-0.15, -0.1) is 5.54 Å². The van der Waals surface area contributed by atoms with E-state index >= 15 is 0 Å². The number of H-pyrrole nitrogens is 2. The Bertz CT molecular complexity index is 3150. The van der Waals surface area contributed by atoms with Gasteiger partial charge in [-0.25, -0.2) is 9.97 Å². The van der Waals surface area contributed by atoms with E-state index in [1.165, 1.54) is 0 Å². The topological polar surface area (TPSA) is 57.4 Å². The summed E-state index contributed by atoms with van der Waals surface area (Å²) in [6.07, 6.45) is 0. The van der Waals surface area contributed by atoms with Crippen LogP contribution in [0.3, 0.4) is 0 Å². The monoisotopic (exact) mass is 766 g/mol. The highest BCUT2D eigenvalue weighted by atomic mass is 28.3. The summed E-state index contributed by atoms with van der Waals surface area (Å²) in [5, 5.41) is 4.53. The summed E-state index contributed by atoms with van der Waals surface area (Å²) in [5.41, 5.74) is 20.8. The minimum atomic E-state index is -2.13. The van der Waals surface area contributed by atoms with Crippen LogP contribution in [0.4, 0.5) is 0 Å². The summed E-state index contributed by atoms with van der Waals surface area (Å²) < 4.78 is 0. The average molecular weight is 767 g/mol. The molecule has 3 aromatic heterocycles. The molecule has 5 heteroatoms. The molecule has 8 bridgehead atoms. The molecule has 5 heterocycles. The first-order valence-corrected chi connectivity index (χ1v) is 22.8. The number of fused-ring (bicyclic) bond motifs is 20. The Kier molecular flexibility index (Phi) is 8.58. The fourth-order valence-electron chi connectivity index (χ4n) is 10.1. The molecule has 10 rings (SSSR count). The number of nitrogens with zero attached hydrogens (tertiary/aromatic N) is 2. The van der Waals surface area contributed by atoms with Crippen LogP contribution in [0.5, 0.6) is 0 Å². The lowest BCUT2D eigenvalue weighted by atomic mass is 9.96. The molecule has 0 saturated heterocycles. The predicted octanol–water partition coefficient (Wildman–Crippen LogP) is 14.5. The van der Waals surface area contributed by atoms with E-state index in [1.54, 1.807) is 0 Å². The van der Waals surface area contributed by atoms with Crippen molar-refractivity contribution in [2.45, 2.75) is 58.2 Å². The summed E-state index contributed by atoms with van der Waals surface area (Å²) in [5.74, 6) is 3.95. The average Bonchev–Trinajstić information content (AvgIpc) is 3.99. The first-order valence-electron chi connectivity index (χ1n) is 20.6. The number of benzene rings is 5. The van der Waals surface area contributed by atoms with Gasteiger partial charge in [0.25, 0.3) is 0 Å². The molecule has 2 N–H and O–H groups in total. The predicted molar refractivity (Wildman–Crippen MR) is 248 cm³/mol. The largest absolute Gasteiger partial charge is 0.354 e. The third-order valence-corrected chi connectivity index (χ3v) is 19.0. The molecule has 0 unspecified atom stereocenters. The second-order valence-electron chi connectivity index (χ2n) is 16.8. The molecule has 282 valence electrons. The summed E-state index contributed by atoms with van der Waals surface area (Å²) in [6, 6.07) is 49.8. The van der Waals surface area contributed by atoms with Gasteiger partial charge >= 0.3 is 0 Å². The maximum Gasteiger partial charge on any atom is 0.146 e. The molecule has 2 aliphatic heterocycles. The zero-order valence-corrected chi connectivity index (χ0v) is 34.9. The zero-order chi connectivity index (χ0) is 39.7. The third kappa shape index (κ3) is 5.50. The number of hydrogen-bond acceptors (Lipinski definition) is 2. The number of hydrogen-bond donors (Lipinski definition) is 2. The SMILES string of the molecule is CC(C)[Si](C#Cc1c2nc(cc3[nH]c(c(-c4ccccc4)c4nc(cc5[nH]c1c1ccccc51)-c1ccccc1-4)c1ccccc31)-c1ccccc1-2)(C(C)C)C(C)C. The van der Waals surface area contributed by atoms with Gasteiger partial charge in [-0.1, -0.05) is 175 Å². The second kappa shape index (κ2) is 13.9. The normalized spacial score (nSPS) is 12.3. The molecule has 8 aromatic rings. The maximum atomic E-state index is 5.60. The summed E-state index contributed by atoms with van der Waals surface area (Å²) in [6.45, 7) is 14.3. The van der Waals surface area contributed by atoms with E-state index in [0.717, 1.165) is 105 Å². The van der Waals surface area contributed by atoms with Crippen LogP contribution in [-0.2, 0) is 0 Å². The summed E-state index contributed by atoms with van der Waals surface area (Å²) in [4.78, 5) is 19.1. The van der Waals surface area contributed by atoms with Crippen molar-refractivity contribution in [3.8, 4) is 67.6 Å². The van der Waals surface area contributed by atoms with Crippen LogP contribution in [0.15, 0.2) is 140 Å². The van der Waals surface area contributed by atoms with Crippen LogP contribution >= 0.6 is 0 Å². The van der Waals surface area contributed by atoms with Crippen molar-refractivity contribution in [1.82, 2.24) is 19.9 Å². The van der Waals surface area contributed by atoms with E-state index in [0.29, 0.717) is 16.6 Å². The van der Waals surface area contributed by atoms with Crippen LogP contribution in [-0.4, -0.2) is 28.0 Å². The maximum absolute atomic E-state index is 5.60. The highest BCUT2D eigenvalue weighted by Crippen LogP contribution is 2.46. The second-order valence-corrected chi connectivity index (χ2v) is 22.3. The fourth-order valence-corrected chi connectivity index (χ4v) is 15.3. The lowest BCUT2D eigenvalue weighted by molar-refractivity contribution is 0.838. The van der Waals surface area contributed by atoms with Crippen molar-refractivity contribution in [2.24, 2.45) is 0 Å². The Morgan fingerprint density at radius 2 is 0.897 bits per heavy atom. The molecular formula is C53H46N4Si. The van der Waals surface area contributed by atoms with Gasteiger partial charge in [0.2, 0.25) is 0 Å². The Labute approximate surface area is 341 Å². The molecular weight excluding hydrogens is 721 g/mol. The van der Waals surface area contributed by atoms with E-state index in [4.69, 9.17) is 9.97 Å². The first kappa shape index (κ1) is 35.9. The van der Waals surface area contributed by atoms with E-state index in [-0.39, 0.29) is 0 Å². The molecule has 58 heavy (non-hydrogen) atoms. The minimum absolute atomic E-state index is 0.489. The van der Waals surface area contributed by atoms with Crippen LogP contribution < -0.4 is 0 Å². The highest BCUT2D eigenvalue weighted by molar-refractivity contribution is 6.90. The molecule has 2 aliphatic rings. The standard InChI is InChI=1S/C53H46N4Si/c1-32(2)58(33(3)4,34(5)6)29-28-44-50-40-24-14-10-20-36(40)45(54-50)30-47-38-22-12-16-26-42(38)52(56-47)49(35-18-8-7-9-19-35)53-43-27-17-13-23-39(43)48(57-53)31-46-37-21-11-15-25-41(37)51(44)55-46/h7-27,30-34,54,57H,1-6H3. The van der Waals surface area contributed by atoms with Crippen molar-refractivity contribution in [1.29, 1.82) is 0 Å². The molecule has 5 aromatic carbocycles. The van der Waals surface area contributed by atoms with E-state index in [9.17, 15) is 0 Å². The fraction of sp³-hybridized carbons (Fsp3) is 0.170. The van der Waals surface area contributed by atoms with Crippen molar-refractivity contribution in [3.05, 3.63) is 145 Å². The van der Waals surface area contributed by atoms with Gasteiger partial charge in [-0.05, 0) is 34.3 Å². The highest BCUT2D eigenvalue weighted by Gasteiger charge is 2.42. The van der Waals surface area contributed by atoms with Gasteiger partial charge in [0, 0.05) is 60.4 Å². The number of aromatic nitrogens is 4. The Hall–Kier alpha value is -6.48. The molecule has 4 nitrogen and oxygen atoms in total. The van der Waals surface area contributed by atoms with Crippen LogP contribution in [0.1, 0.15) is 47.1 Å². The quantitative estimate of drug-likeness (QED) is 0.138. The van der Waals surface area contributed by atoms with Crippen molar-refractivity contribution >= 4 is 51.7 Å². The lowest BCUT2D eigenvalue weighted by Gasteiger charge is -2.38. The summed E-state index contributed by atoms with van der Waals surface area (Å²) >= 11 is 0. The van der Waals surface area contributed by atoms with Gasteiger partial charge in [0.1, 0.15) is 8.07 Å². The molecule has 0 fully saturated rings.